The van der Waals surface area contributed by atoms with Crippen LogP contribution in [0.15, 0.2) is 30.3 Å². The van der Waals surface area contributed by atoms with E-state index < -0.39 is 66.2 Å². The summed E-state index contributed by atoms with van der Waals surface area (Å²) in [5.41, 5.74) is 11.5. The maximum atomic E-state index is 13.0. The zero-order valence-corrected chi connectivity index (χ0v) is 21.2. The molecule has 9 N–H and O–H groups in total. The normalized spacial score (nSPS) is 13.9. The summed E-state index contributed by atoms with van der Waals surface area (Å²) in [6, 6.07) is 3.49. The van der Waals surface area contributed by atoms with Gasteiger partial charge in [0.15, 0.2) is 0 Å². The molecule has 0 saturated heterocycles. The number of aliphatic carboxylic acids is 2. The highest BCUT2D eigenvalue weighted by Crippen LogP contribution is 2.07. The van der Waals surface area contributed by atoms with Gasteiger partial charge in [0, 0.05) is 12.8 Å². The number of hydrogen-bond acceptors (Lipinski definition) is 8. The summed E-state index contributed by atoms with van der Waals surface area (Å²) in [6.45, 7) is 0. The Kier molecular flexibility index (Phi) is 13.7. The molecular formula is C23H33N5O8S. The summed E-state index contributed by atoms with van der Waals surface area (Å²) in [6.07, 6.45) is 0.729. The van der Waals surface area contributed by atoms with Crippen LogP contribution in [0.3, 0.4) is 0 Å². The third-order valence-corrected chi connectivity index (χ3v) is 5.83. The fourth-order valence-corrected chi connectivity index (χ4v) is 3.67. The number of nitrogens with one attached hydrogen (secondary N) is 3. The highest BCUT2D eigenvalue weighted by atomic mass is 32.2. The maximum Gasteiger partial charge on any atom is 0.326 e. The smallest absolute Gasteiger partial charge is 0.326 e. The van der Waals surface area contributed by atoms with Crippen molar-refractivity contribution in [3.63, 3.8) is 0 Å². The molecule has 37 heavy (non-hydrogen) atoms. The molecule has 4 unspecified atom stereocenters. The Labute approximate surface area is 218 Å². The second-order valence-electron chi connectivity index (χ2n) is 8.20. The molecule has 0 aliphatic rings. The van der Waals surface area contributed by atoms with Gasteiger partial charge in [0.25, 0.3) is 0 Å². The number of thioether (sulfide) groups is 1. The van der Waals surface area contributed by atoms with Crippen molar-refractivity contribution < 1.29 is 39.0 Å². The van der Waals surface area contributed by atoms with E-state index in [1.807, 2.05) is 0 Å². The van der Waals surface area contributed by atoms with Crippen LogP contribution in [0.25, 0.3) is 0 Å². The van der Waals surface area contributed by atoms with Crippen LogP contribution in [0.5, 0.6) is 0 Å². The van der Waals surface area contributed by atoms with E-state index in [-0.39, 0.29) is 25.7 Å². The van der Waals surface area contributed by atoms with Gasteiger partial charge in [0.1, 0.15) is 18.1 Å². The standard InChI is InChI=1S/C23H33N5O8S/c1-37-10-9-15(21(33)28-17(23(35)36)11-13-5-3-2-4-6-13)26-22(34)16(12-18(25)29)27-20(32)14(24)7-8-19(30)31/h2-6,14-17H,7-12,24H2,1H3,(H2,25,29)(H,26,34)(H,27,32)(H,28,33)(H,30,31)(H,35,36). The summed E-state index contributed by atoms with van der Waals surface area (Å²) >= 11 is 1.39. The third-order valence-electron chi connectivity index (χ3n) is 5.19. The second kappa shape index (κ2) is 16.2. The summed E-state index contributed by atoms with van der Waals surface area (Å²) in [7, 11) is 0. The highest BCUT2D eigenvalue weighted by Gasteiger charge is 2.31. The fourth-order valence-electron chi connectivity index (χ4n) is 3.20. The number of benzene rings is 1. The molecule has 4 amide bonds. The summed E-state index contributed by atoms with van der Waals surface area (Å²) in [5, 5.41) is 25.5. The predicted octanol–water partition coefficient (Wildman–Crippen LogP) is -1.41. The Balaban J connectivity index is 2.97. The molecule has 4 atom stereocenters. The third kappa shape index (κ3) is 12.2. The van der Waals surface area contributed by atoms with E-state index in [4.69, 9.17) is 16.6 Å². The van der Waals surface area contributed by atoms with Crippen molar-refractivity contribution in [2.24, 2.45) is 11.5 Å². The molecule has 0 radical (unpaired) electrons. The lowest BCUT2D eigenvalue weighted by molar-refractivity contribution is -0.142. The van der Waals surface area contributed by atoms with Gasteiger partial charge in [0.2, 0.25) is 23.6 Å². The molecule has 13 nitrogen and oxygen atoms in total. The molecule has 1 aromatic rings. The monoisotopic (exact) mass is 539 g/mol. The molecule has 14 heteroatoms. The highest BCUT2D eigenvalue weighted by molar-refractivity contribution is 7.98. The van der Waals surface area contributed by atoms with Gasteiger partial charge in [-0.25, -0.2) is 4.79 Å². The van der Waals surface area contributed by atoms with Crippen molar-refractivity contribution in [1.29, 1.82) is 0 Å². The first kappa shape index (κ1) is 31.4. The fraction of sp³-hybridized carbons (Fsp3) is 0.478. The minimum absolute atomic E-state index is 0.0136. The van der Waals surface area contributed by atoms with Gasteiger partial charge >= 0.3 is 11.9 Å². The van der Waals surface area contributed by atoms with Crippen LogP contribution < -0.4 is 27.4 Å². The number of carboxylic acids is 2. The lowest BCUT2D eigenvalue weighted by atomic mass is 10.0. The number of carboxylic acid groups (broad SMARTS) is 2. The average molecular weight is 540 g/mol. The number of nitrogens with two attached hydrogens (primary N) is 2. The Morgan fingerprint density at radius 2 is 1.43 bits per heavy atom. The topological polar surface area (TPSA) is 231 Å². The number of rotatable bonds is 17. The van der Waals surface area contributed by atoms with Crippen molar-refractivity contribution in [1.82, 2.24) is 16.0 Å². The van der Waals surface area contributed by atoms with Crippen LogP contribution in [0, 0.1) is 0 Å². The number of hydrogen-bond donors (Lipinski definition) is 7. The molecule has 204 valence electrons. The zero-order chi connectivity index (χ0) is 28.0. The Morgan fingerprint density at radius 1 is 0.865 bits per heavy atom. The summed E-state index contributed by atoms with van der Waals surface area (Å²) in [5.74, 6) is -5.45. The molecule has 1 rings (SSSR count). The van der Waals surface area contributed by atoms with E-state index in [1.54, 1.807) is 36.6 Å². The number of amides is 4. The van der Waals surface area contributed by atoms with Crippen LogP contribution >= 0.6 is 11.8 Å². The molecule has 0 spiro atoms. The predicted molar refractivity (Wildman–Crippen MR) is 135 cm³/mol. The van der Waals surface area contributed by atoms with Crippen LogP contribution in [-0.4, -0.2) is 82.0 Å². The van der Waals surface area contributed by atoms with E-state index in [0.29, 0.717) is 11.3 Å². The lowest BCUT2D eigenvalue weighted by Gasteiger charge is -2.24. The molecule has 0 heterocycles. The van der Waals surface area contributed by atoms with Crippen molar-refractivity contribution in [2.45, 2.75) is 56.3 Å². The second-order valence-corrected chi connectivity index (χ2v) is 9.19. The van der Waals surface area contributed by atoms with Crippen molar-refractivity contribution in [3.8, 4) is 0 Å². The van der Waals surface area contributed by atoms with Crippen LogP contribution in [0.2, 0.25) is 0 Å². The number of primary amides is 1. The summed E-state index contributed by atoms with van der Waals surface area (Å²) in [4.78, 5) is 72.2. The Morgan fingerprint density at radius 3 is 1.97 bits per heavy atom. The first-order valence-corrected chi connectivity index (χ1v) is 12.8. The van der Waals surface area contributed by atoms with Crippen molar-refractivity contribution in [3.05, 3.63) is 35.9 Å². The van der Waals surface area contributed by atoms with Gasteiger partial charge < -0.3 is 37.6 Å². The van der Waals surface area contributed by atoms with E-state index in [9.17, 15) is 33.9 Å². The molecule has 0 fully saturated rings. The molecule has 0 aliphatic heterocycles. The quantitative estimate of drug-likeness (QED) is 0.122. The number of carbonyl (C=O) groups is 6. The molecule has 0 aromatic heterocycles. The Bertz CT molecular complexity index is 962. The molecule has 0 saturated carbocycles. The zero-order valence-electron chi connectivity index (χ0n) is 20.3. The number of carbonyl (C=O) groups excluding carboxylic acids is 4. The minimum Gasteiger partial charge on any atom is -0.481 e. The molecule has 0 aliphatic carbocycles. The Hall–Kier alpha value is -3.65. The van der Waals surface area contributed by atoms with Crippen molar-refractivity contribution in [2.75, 3.05) is 12.0 Å². The van der Waals surface area contributed by atoms with Gasteiger partial charge in [-0.15, -0.1) is 0 Å². The van der Waals surface area contributed by atoms with Gasteiger partial charge in [0.05, 0.1) is 12.5 Å². The maximum absolute atomic E-state index is 13.0. The molecule has 0 bridgehead atoms. The van der Waals surface area contributed by atoms with E-state index in [1.165, 1.54) is 11.8 Å². The first-order valence-electron chi connectivity index (χ1n) is 11.4. The van der Waals surface area contributed by atoms with Gasteiger partial charge in [-0.2, -0.15) is 11.8 Å². The van der Waals surface area contributed by atoms with Crippen molar-refractivity contribution >= 4 is 47.3 Å². The largest absolute Gasteiger partial charge is 0.481 e. The van der Waals surface area contributed by atoms with E-state index in [2.05, 4.69) is 16.0 Å². The minimum atomic E-state index is -1.48. The van der Waals surface area contributed by atoms with E-state index >= 15 is 0 Å². The van der Waals surface area contributed by atoms with Crippen LogP contribution in [-0.2, 0) is 35.2 Å². The van der Waals surface area contributed by atoms with Crippen LogP contribution in [0.1, 0.15) is 31.2 Å². The van der Waals surface area contributed by atoms with Crippen LogP contribution in [0.4, 0.5) is 0 Å². The average Bonchev–Trinajstić information content (AvgIpc) is 2.84. The lowest BCUT2D eigenvalue weighted by Crippen LogP contribution is -2.58. The molecular weight excluding hydrogens is 506 g/mol. The van der Waals surface area contributed by atoms with Gasteiger partial charge in [-0.3, -0.25) is 24.0 Å². The summed E-state index contributed by atoms with van der Waals surface area (Å²) < 4.78 is 0. The SMILES string of the molecule is CSCCC(NC(=O)C(CC(N)=O)NC(=O)C(N)CCC(=O)O)C(=O)NC(Cc1ccccc1)C(=O)O. The molecule has 1 aromatic carbocycles. The van der Waals surface area contributed by atoms with Gasteiger partial charge in [-0.1, -0.05) is 30.3 Å². The van der Waals surface area contributed by atoms with E-state index in [0.717, 1.165) is 0 Å². The first-order chi connectivity index (χ1) is 17.4. The van der Waals surface area contributed by atoms with Gasteiger partial charge in [-0.05, 0) is 30.4 Å².